The Labute approximate surface area is 171 Å². The van der Waals surface area contributed by atoms with Crippen LogP contribution in [-0.4, -0.2) is 39.7 Å². The Kier molecular flexibility index (Phi) is 5.48. The summed E-state index contributed by atoms with van der Waals surface area (Å²) >= 11 is 5.71. The molecule has 4 rings (SSSR count). The predicted octanol–water partition coefficient (Wildman–Crippen LogP) is 4.85. The number of aryl methyl sites for hydroxylation is 1. The van der Waals surface area contributed by atoms with Gasteiger partial charge in [-0.15, -0.1) is 0 Å². The summed E-state index contributed by atoms with van der Waals surface area (Å²) in [5.74, 6) is 2.24. The number of imidazole rings is 1. The molecule has 2 N–H and O–H groups in total. The van der Waals surface area contributed by atoms with E-state index in [2.05, 4.69) is 40.3 Å². The molecule has 0 amide bonds. The Morgan fingerprint density at radius 1 is 1.32 bits per heavy atom. The van der Waals surface area contributed by atoms with Crippen molar-refractivity contribution in [1.82, 2.24) is 14.9 Å². The second-order valence-electron chi connectivity index (χ2n) is 7.29. The first-order valence-electron chi connectivity index (χ1n) is 9.88. The maximum Gasteiger partial charge on any atom is 0.173 e. The monoisotopic (exact) mass is 394 g/mol. The number of hydrogen-bond acceptors (Lipinski definition) is 3. The molecule has 0 radical (unpaired) electrons. The third-order valence-corrected chi connectivity index (χ3v) is 5.54. The topological polar surface area (TPSA) is 53.2 Å². The third kappa shape index (κ3) is 3.97. The highest BCUT2D eigenvalue weighted by atomic mass is 32.1. The number of fused-ring (bicyclic) bond motifs is 1. The summed E-state index contributed by atoms with van der Waals surface area (Å²) in [6.45, 7) is 6.54. The Balaban J connectivity index is 1.48. The van der Waals surface area contributed by atoms with Crippen molar-refractivity contribution in [3.8, 4) is 5.75 Å². The molecule has 0 spiro atoms. The number of anilines is 1. The Morgan fingerprint density at radius 3 is 3.04 bits per heavy atom. The quantitative estimate of drug-likeness (QED) is 0.620. The molecular formula is C22H26N4OS. The van der Waals surface area contributed by atoms with Crippen LogP contribution >= 0.6 is 12.2 Å². The SMILES string of the molecule is CCOc1ccccc1NC(=S)N1CCC[C@@H](c2nc3ccc(C)cc3[nH]2)C1. The zero-order chi connectivity index (χ0) is 19.5. The van der Waals surface area contributed by atoms with Gasteiger partial charge in [0.15, 0.2) is 5.11 Å². The van der Waals surface area contributed by atoms with E-state index in [0.29, 0.717) is 12.5 Å². The molecule has 1 fully saturated rings. The van der Waals surface area contributed by atoms with Crippen LogP contribution in [0.25, 0.3) is 11.0 Å². The average Bonchev–Trinajstić information content (AvgIpc) is 3.13. The van der Waals surface area contributed by atoms with E-state index in [9.17, 15) is 0 Å². The van der Waals surface area contributed by atoms with Crippen molar-refractivity contribution < 1.29 is 4.74 Å². The van der Waals surface area contributed by atoms with Crippen LogP contribution in [0.2, 0.25) is 0 Å². The van der Waals surface area contributed by atoms with Crippen LogP contribution in [-0.2, 0) is 0 Å². The molecule has 1 aliphatic heterocycles. The fourth-order valence-electron chi connectivity index (χ4n) is 3.77. The summed E-state index contributed by atoms with van der Waals surface area (Å²) in [5, 5.41) is 4.11. The number of nitrogens with zero attached hydrogens (tertiary/aromatic N) is 2. The summed E-state index contributed by atoms with van der Waals surface area (Å²) in [5.41, 5.74) is 4.30. The van der Waals surface area contributed by atoms with Crippen molar-refractivity contribution in [3.63, 3.8) is 0 Å². The van der Waals surface area contributed by atoms with E-state index in [-0.39, 0.29) is 0 Å². The molecule has 0 saturated carbocycles. The van der Waals surface area contributed by atoms with Gasteiger partial charge in [-0.25, -0.2) is 4.98 Å². The number of piperidine rings is 1. The molecular weight excluding hydrogens is 368 g/mol. The smallest absolute Gasteiger partial charge is 0.173 e. The standard InChI is InChI=1S/C22H26N4OS/c1-3-27-20-9-5-4-8-18(20)25-22(28)26-12-6-7-16(14-26)21-23-17-11-10-15(2)13-19(17)24-21/h4-5,8-11,13,16H,3,6-7,12,14H2,1-2H3,(H,23,24)(H,25,28)/t16-/m1/s1. The van der Waals surface area contributed by atoms with Gasteiger partial charge in [0, 0.05) is 19.0 Å². The second-order valence-corrected chi connectivity index (χ2v) is 7.67. The predicted molar refractivity (Wildman–Crippen MR) is 118 cm³/mol. The third-order valence-electron chi connectivity index (χ3n) is 5.18. The number of benzene rings is 2. The number of hydrogen-bond donors (Lipinski definition) is 2. The van der Waals surface area contributed by atoms with Gasteiger partial charge in [-0.3, -0.25) is 0 Å². The summed E-state index contributed by atoms with van der Waals surface area (Å²) in [7, 11) is 0. The molecule has 0 bridgehead atoms. The Bertz CT molecular complexity index is 984. The number of rotatable bonds is 4. The highest BCUT2D eigenvalue weighted by molar-refractivity contribution is 7.80. The lowest BCUT2D eigenvalue weighted by Gasteiger charge is -2.34. The number of aromatic nitrogens is 2. The highest BCUT2D eigenvalue weighted by Crippen LogP contribution is 2.29. The lowest BCUT2D eigenvalue weighted by Crippen LogP contribution is -2.41. The molecule has 5 nitrogen and oxygen atoms in total. The molecule has 1 saturated heterocycles. The molecule has 6 heteroatoms. The second kappa shape index (κ2) is 8.19. The maximum atomic E-state index is 5.71. The fraction of sp³-hybridized carbons (Fsp3) is 0.364. The van der Waals surface area contributed by atoms with Crippen molar-refractivity contribution in [2.75, 3.05) is 25.0 Å². The number of para-hydroxylation sites is 2. The van der Waals surface area contributed by atoms with E-state index >= 15 is 0 Å². The van der Waals surface area contributed by atoms with E-state index < -0.39 is 0 Å². The maximum absolute atomic E-state index is 5.71. The lowest BCUT2D eigenvalue weighted by atomic mass is 9.98. The van der Waals surface area contributed by atoms with Crippen LogP contribution in [0.15, 0.2) is 42.5 Å². The first-order valence-corrected chi connectivity index (χ1v) is 10.3. The fourth-order valence-corrected chi connectivity index (χ4v) is 4.04. The van der Waals surface area contributed by atoms with Crippen LogP contribution in [0.3, 0.4) is 0 Å². The van der Waals surface area contributed by atoms with Gasteiger partial charge in [0.2, 0.25) is 0 Å². The van der Waals surface area contributed by atoms with E-state index in [0.717, 1.165) is 59.3 Å². The molecule has 2 heterocycles. The zero-order valence-corrected chi connectivity index (χ0v) is 17.2. The van der Waals surface area contributed by atoms with E-state index in [1.54, 1.807) is 0 Å². The number of likely N-dealkylation sites (tertiary alicyclic amines) is 1. The van der Waals surface area contributed by atoms with Gasteiger partial charge >= 0.3 is 0 Å². The molecule has 2 aromatic carbocycles. The Morgan fingerprint density at radius 2 is 2.18 bits per heavy atom. The molecule has 28 heavy (non-hydrogen) atoms. The van der Waals surface area contributed by atoms with Crippen molar-refractivity contribution >= 4 is 34.1 Å². The minimum Gasteiger partial charge on any atom is -0.492 e. The van der Waals surface area contributed by atoms with Crippen LogP contribution in [0, 0.1) is 6.92 Å². The molecule has 1 aromatic heterocycles. The van der Waals surface area contributed by atoms with Gasteiger partial charge < -0.3 is 19.9 Å². The van der Waals surface area contributed by atoms with E-state index in [1.165, 1.54) is 5.56 Å². The normalized spacial score (nSPS) is 16.9. The van der Waals surface area contributed by atoms with Gasteiger partial charge in [0.1, 0.15) is 11.6 Å². The van der Waals surface area contributed by atoms with Crippen LogP contribution in [0.4, 0.5) is 5.69 Å². The van der Waals surface area contributed by atoms with Crippen molar-refractivity contribution in [3.05, 3.63) is 53.9 Å². The van der Waals surface area contributed by atoms with Gasteiger partial charge in [-0.1, -0.05) is 18.2 Å². The number of H-pyrrole nitrogens is 1. The first kappa shape index (κ1) is 18.7. The minimum atomic E-state index is 0.350. The molecule has 0 aliphatic carbocycles. The number of ether oxygens (including phenoxy) is 1. The van der Waals surface area contributed by atoms with E-state index in [1.807, 2.05) is 31.2 Å². The number of aromatic amines is 1. The van der Waals surface area contributed by atoms with Crippen LogP contribution in [0.5, 0.6) is 5.75 Å². The van der Waals surface area contributed by atoms with Gasteiger partial charge in [-0.2, -0.15) is 0 Å². The van der Waals surface area contributed by atoms with Crippen LogP contribution in [0.1, 0.15) is 37.1 Å². The average molecular weight is 395 g/mol. The summed E-state index contributed by atoms with van der Waals surface area (Å²) in [6, 6.07) is 14.3. The van der Waals surface area contributed by atoms with Crippen molar-refractivity contribution in [2.45, 2.75) is 32.6 Å². The molecule has 1 aliphatic rings. The Hall–Kier alpha value is -2.60. The molecule has 1 atom stereocenters. The number of thiocarbonyl (C=S) groups is 1. The summed E-state index contributed by atoms with van der Waals surface area (Å²) < 4.78 is 5.70. The van der Waals surface area contributed by atoms with Crippen molar-refractivity contribution in [2.24, 2.45) is 0 Å². The largest absolute Gasteiger partial charge is 0.492 e. The van der Waals surface area contributed by atoms with Crippen LogP contribution < -0.4 is 10.1 Å². The lowest BCUT2D eigenvalue weighted by molar-refractivity contribution is 0.306. The minimum absolute atomic E-state index is 0.350. The zero-order valence-electron chi connectivity index (χ0n) is 16.4. The van der Waals surface area contributed by atoms with Gasteiger partial charge in [0.25, 0.3) is 0 Å². The molecule has 3 aromatic rings. The van der Waals surface area contributed by atoms with E-state index in [4.69, 9.17) is 21.9 Å². The van der Waals surface area contributed by atoms with Crippen molar-refractivity contribution in [1.29, 1.82) is 0 Å². The number of nitrogens with one attached hydrogen (secondary N) is 2. The highest BCUT2D eigenvalue weighted by Gasteiger charge is 2.25. The molecule has 146 valence electrons. The summed E-state index contributed by atoms with van der Waals surface area (Å²) in [4.78, 5) is 10.6. The molecule has 0 unspecified atom stereocenters. The van der Waals surface area contributed by atoms with Gasteiger partial charge in [-0.05, 0) is 68.7 Å². The summed E-state index contributed by atoms with van der Waals surface area (Å²) in [6.07, 6.45) is 2.21. The van der Waals surface area contributed by atoms with Gasteiger partial charge in [0.05, 0.1) is 23.3 Å². The first-order chi connectivity index (χ1) is 13.6.